The molecule has 1 aromatic carbocycles. The molecule has 0 spiro atoms. The number of amides is 1. The Morgan fingerprint density at radius 3 is 3.00 bits per heavy atom. The van der Waals surface area contributed by atoms with Crippen molar-refractivity contribution in [2.24, 2.45) is 11.7 Å². The number of primary amides is 1. The maximum atomic E-state index is 11.3. The third-order valence-corrected chi connectivity index (χ3v) is 3.61. The minimum absolute atomic E-state index is 0.395. The normalized spacial score (nSPS) is 19.4. The van der Waals surface area contributed by atoms with Crippen LogP contribution in [0.2, 0.25) is 0 Å². The zero-order valence-electron chi connectivity index (χ0n) is 11.3. The van der Waals surface area contributed by atoms with Gasteiger partial charge in [-0.3, -0.25) is 4.79 Å². The Hall–Kier alpha value is -1.75. The van der Waals surface area contributed by atoms with Gasteiger partial charge >= 0.3 is 0 Å². The summed E-state index contributed by atoms with van der Waals surface area (Å²) >= 11 is 0. The molecule has 1 saturated heterocycles. The summed E-state index contributed by atoms with van der Waals surface area (Å²) in [6, 6.07) is 5.43. The van der Waals surface area contributed by atoms with Gasteiger partial charge in [-0.1, -0.05) is 6.07 Å². The van der Waals surface area contributed by atoms with Crippen LogP contribution >= 0.6 is 0 Å². The van der Waals surface area contributed by atoms with Crippen LogP contribution in [0.3, 0.4) is 0 Å². The number of nitrogens with zero attached hydrogens (tertiary/aromatic N) is 1. The third kappa shape index (κ3) is 2.98. The lowest BCUT2D eigenvalue weighted by atomic mass is 9.97. The summed E-state index contributed by atoms with van der Waals surface area (Å²) in [7, 11) is 1.72. The number of carbonyl (C=O) groups is 1. The van der Waals surface area contributed by atoms with Gasteiger partial charge in [0.1, 0.15) is 0 Å². The molecule has 1 aliphatic rings. The van der Waals surface area contributed by atoms with Gasteiger partial charge in [0.2, 0.25) is 0 Å². The van der Waals surface area contributed by atoms with E-state index in [2.05, 4.69) is 4.90 Å². The number of nitrogen functional groups attached to an aromatic ring is 1. The van der Waals surface area contributed by atoms with Crippen LogP contribution in [0.4, 0.5) is 11.4 Å². The van der Waals surface area contributed by atoms with Crippen LogP contribution in [0, 0.1) is 5.92 Å². The van der Waals surface area contributed by atoms with Gasteiger partial charge < -0.3 is 21.1 Å². The summed E-state index contributed by atoms with van der Waals surface area (Å²) < 4.78 is 5.23. The first-order chi connectivity index (χ1) is 9.13. The Kier molecular flexibility index (Phi) is 4.27. The molecular weight excluding hydrogens is 242 g/mol. The predicted molar refractivity (Wildman–Crippen MR) is 76.2 cm³/mol. The lowest BCUT2D eigenvalue weighted by molar-refractivity contribution is 0.100. The Balaban J connectivity index is 2.21. The van der Waals surface area contributed by atoms with Gasteiger partial charge in [0.25, 0.3) is 5.91 Å². The minimum Gasteiger partial charge on any atom is -0.396 e. The van der Waals surface area contributed by atoms with Crippen molar-refractivity contribution in [3.05, 3.63) is 23.8 Å². The van der Waals surface area contributed by atoms with Gasteiger partial charge in [-0.15, -0.1) is 0 Å². The number of ether oxygens (including phenoxy) is 1. The number of piperidine rings is 1. The number of carbonyl (C=O) groups excluding carboxylic acids is 1. The average molecular weight is 263 g/mol. The van der Waals surface area contributed by atoms with Crippen LogP contribution in [0.1, 0.15) is 23.2 Å². The Morgan fingerprint density at radius 2 is 2.32 bits per heavy atom. The number of hydrogen-bond acceptors (Lipinski definition) is 4. The Bertz CT molecular complexity index is 460. The first-order valence-corrected chi connectivity index (χ1v) is 6.55. The van der Waals surface area contributed by atoms with Crippen LogP contribution in [-0.4, -0.2) is 32.7 Å². The second-order valence-electron chi connectivity index (χ2n) is 5.01. The molecule has 0 radical (unpaired) electrons. The van der Waals surface area contributed by atoms with E-state index in [4.69, 9.17) is 16.2 Å². The molecule has 0 saturated carbocycles. The molecule has 0 aromatic heterocycles. The highest BCUT2D eigenvalue weighted by atomic mass is 16.5. The summed E-state index contributed by atoms with van der Waals surface area (Å²) in [6.45, 7) is 2.61. The molecule has 2 rings (SSSR count). The van der Waals surface area contributed by atoms with E-state index in [1.165, 1.54) is 6.42 Å². The molecule has 104 valence electrons. The van der Waals surface area contributed by atoms with Crippen LogP contribution < -0.4 is 16.4 Å². The third-order valence-electron chi connectivity index (χ3n) is 3.61. The summed E-state index contributed by atoms with van der Waals surface area (Å²) in [5.74, 6) is 0.0279. The van der Waals surface area contributed by atoms with E-state index in [9.17, 15) is 4.79 Å². The van der Waals surface area contributed by atoms with Crippen LogP contribution in [0.15, 0.2) is 18.2 Å². The number of para-hydroxylation sites is 1. The smallest absolute Gasteiger partial charge is 0.250 e. The van der Waals surface area contributed by atoms with Gasteiger partial charge in [-0.25, -0.2) is 0 Å². The SMILES string of the molecule is COCC1CCCN(c2cccc(C(N)=O)c2N)C1. The molecular formula is C14H21N3O2. The highest BCUT2D eigenvalue weighted by molar-refractivity contribution is 6.00. The first-order valence-electron chi connectivity index (χ1n) is 6.55. The number of methoxy groups -OCH3 is 1. The monoisotopic (exact) mass is 263 g/mol. The first kappa shape index (κ1) is 13.7. The fourth-order valence-corrected chi connectivity index (χ4v) is 2.70. The molecule has 1 atom stereocenters. The van der Waals surface area contributed by atoms with Crippen molar-refractivity contribution in [1.29, 1.82) is 0 Å². The van der Waals surface area contributed by atoms with Crippen molar-refractivity contribution in [2.45, 2.75) is 12.8 Å². The molecule has 1 fully saturated rings. The highest BCUT2D eigenvalue weighted by Crippen LogP contribution is 2.30. The van der Waals surface area contributed by atoms with Gasteiger partial charge in [-0.2, -0.15) is 0 Å². The minimum atomic E-state index is -0.482. The summed E-state index contributed by atoms with van der Waals surface area (Å²) in [4.78, 5) is 13.5. The standard InChI is InChI=1S/C14H21N3O2/c1-19-9-10-4-3-7-17(8-10)12-6-2-5-11(13(12)15)14(16)18/h2,5-6,10H,3-4,7-9,15H2,1H3,(H2,16,18). The van der Waals surface area contributed by atoms with E-state index in [1.54, 1.807) is 13.2 Å². The largest absolute Gasteiger partial charge is 0.396 e. The molecule has 1 unspecified atom stereocenters. The van der Waals surface area contributed by atoms with Crippen LogP contribution in [-0.2, 0) is 4.74 Å². The maximum Gasteiger partial charge on any atom is 0.250 e. The van der Waals surface area contributed by atoms with Crippen LogP contribution in [0.5, 0.6) is 0 Å². The molecule has 5 heteroatoms. The number of hydrogen-bond donors (Lipinski definition) is 2. The molecule has 0 bridgehead atoms. The van der Waals surface area contributed by atoms with Crippen molar-refractivity contribution in [3.63, 3.8) is 0 Å². The number of nitrogens with two attached hydrogens (primary N) is 2. The Labute approximate surface area is 113 Å². The number of rotatable bonds is 4. The summed E-state index contributed by atoms with van der Waals surface area (Å²) in [5.41, 5.74) is 13.2. The van der Waals surface area contributed by atoms with E-state index >= 15 is 0 Å². The van der Waals surface area contributed by atoms with E-state index in [0.717, 1.165) is 31.8 Å². The van der Waals surface area contributed by atoms with Crippen molar-refractivity contribution in [3.8, 4) is 0 Å². The molecule has 1 aliphatic heterocycles. The zero-order valence-corrected chi connectivity index (χ0v) is 11.3. The zero-order chi connectivity index (χ0) is 13.8. The molecule has 0 aliphatic carbocycles. The molecule has 1 aromatic rings. The van der Waals surface area contributed by atoms with Crippen molar-refractivity contribution >= 4 is 17.3 Å². The number of benzene rings is 1. The highest BCUT2D eigenvalue weighted by Gasteiger charge is 2.22. The maximum absolute atomic E-state index is 11.3. The van der Waals surface area contributed by atoms with Gasteiger partial charge in [0, 0.05) is 20.2 Å². The molecule has 19 heavy (non-hydrogen) atoms. The lowest BCUT2D eigenvalue weighted by Gasteiger charge is -2.35. The van der Waals surface area contributed by atoms with Crippen molar-refractivity contribution in [1.82, 2.24) is 0 Å². The van der Waals surface area contributed by atoms with E-state index in [-0.39, 0.29) is 0 Å². The molecule has 5 nitrogen and oxygen atoms in total. The number of anilines is 2. The Morgan fingerprint density at radius 1 is 1.53 bits per heavy atom. The second kappa shape index (κ2) is 5.93. The lowest BCUT2D eigenvalue weighted by Crippen LogP contribution is -2.37. The molecule has 4 N–H and O–H groups in total. The van der Waals surface area contributed by atoms with Gasteiger partial charge in [0.15, 0.2) is 0 Å². The quantitative estimate of drug-likeness (QED) is 0.801. The van der Waals surface area contributed by atoms with E-state index < -0.39 is 5.91 Å². The summed E-state index contributed by atoms with van der Waals surface area (Å²) in [6.07, 6.45) is 2.27. The average Bonchev–Trinajstić information content (AvgIpc) is 2.39. The topological polar surface area (TPSA) is 81.6 Å². The van der Waals surface area contributed by atoms with Crippen LogP contribution in [0.25, 0.3) is 0 Å². The van der Waals surface area contributed by atoms with Crippen molar-refractivity contribution in [2.75, 3.05) is 37.4 Å². The molecule has 1 amide bonds. The predicted octanol–water partition coefficient (Wildman–Crippen LogP) is 1.23. The van der Waals surface area contributed by atoms with E-state index in [0.29, 0.717) is 17.2 Å². The second-order valence-corrected chi connectivity index (χ2v) is 5.01. The summed E-state index contributed by atoms with van der Waals surface area (Å²) in [5, 5.41) is 0. The molecule has 1 heterocycles. The van der Waals surface area contributed by atoms with E-state index in [1.807, 2.05) is 12.1 Å². The van der Waals surface area contributed by atoms with Gasteiger partial charge in [-0.05, 0) is 30.9 Å². The fraction of sp³-hybridized carbons (Fsp3) is 0.500. The van der Waals surface area contributed by atoms with Crippen molar-refractivity contribution < 1.29 is 9.53 Å². The fourth-order valence-electron chi connectivity index (χ4n) is 2.70. The van der Waals surface area contributed by atoms with Gasteiger partial charge in [0.05, 0.1) is 23.5 Å².